The molecule has 1 aromatic carbocycles. The minimum absolute atomic E-state index is 0.199. The fourth-order valence-electron chi connectivity index (χ4n) is 4.73. The van der Waals surface area contributed by atoms with Gasteiger partial charge in [0.15, 0.2) is 9.84 Å². The molecule has 1 aromatic rings. The number of carbonyl (C=O) groups excluding carboxylic acids is 2. The molecule has 2 aliphatic carbocycles. The zero-order valence-electron chi connectivity index (χ0n) is 13.1. The van der Waals surface area contributed by atoms with Crippen LogP contribution in [0.2, 0.25) is 0 Å². The lowest BCUT2D eigenvalue weighted by atomic mass is 9.80. The Hall–Kier alpha value is -1.89. The number of rotatable bonds is 4. The van der Waals surface area contributed by atoms with Crippen LogP contribution in [-0.4, -0.2) is 38.3 Å². The molecule has 0 radical (unpaired) electrons. The average molecular weight is 350 g/mol. The third-order valence-corrected chi connectivity index (χ3v) is 7.80. The summed E-state index contributed by atoms with van der Waals surface area (Å²) >= 11 is 0. The smallest absolute Gasteiger partial charge is 0.310 e. The van der Waals surface area contributed by atoms with Gasteiger partial charge < -0.3 is 9.47 Å². The lowest BCUT2D eigenvalue weighted by Crippen LogP contribution is -2.45. The van der Waals surface area contributed by atoms with Crippen LogP contribution in [0.3, 0.4) is 0 Å². The van der Waals surface area contributed by atoms with Crippen molar-refractivity contribution in [3.63, 3.8) is 0 Å². The first kappa shape index (κ1) is 15.6. The number of hydrogen-bond donors (Lipinski definition) is 0. The fourth-order valence-corrected chi connectivity index (χ4v) is 6.93. The van der Waals surface area contributed by atoms with Crippen LogP contribution in [-0.2, 0) is 28.9 Å². The molecule has 3 fully saturated rings. The van der Waals surface area contributed by atoms with Crippen molar-refractivity contribution < 1.29 is 27.5 Å². The second kappa shape index (κ2) is 5.31. The van der Waals surface area contributed by atoms with Crippen LogP contribution in [0.15, 0.2) is 35.2 Å². The molecule has 3 aliphatic rings. The van der Waals surface area contributed by atoms with Gasteiger partial charge in [-0.2, -0.15) is 0 Å². The van der Waals surface area contributed by atoms with Crippen molar-refractivity contribution in [1.29, 1.82) is 0 Å². The summed E-state index contributed by atoms with van der Waals surface area (Å²) in [5.41, 5.74) is 0. The summed E-state index contributed by atoms with van der Waals surface area (Å²) < 4.78 is 36.7. The van der Waals surface area contributed by atoms with Gasteiger partial charge in [0.05, 0.1) is 23.3 Å². The van der Waals surface area contributed by atoms with E-state index in [2.05, 4.69) is 0 Å². The average Bonchev–Trinajstić information content (AvgIpc) is 3.17. The van der Waals surface area contributed by atoms with E-state index in [4.69, 9.17) is 9.47 Å². The van der Waals surface area contributed by atoms with Gasteiger partial charge in [-0.15, -0.1) is 0 Å². The van der Waals surface area contributed by atoms with Gasteiger partial charge in [0.25, 0.3) is 0 Å². The van der Waals surface area contributed by atoms with Crippen molar-refractivity contribution in [1.82, 2.24) is 0 Å². The molecule has 2 bridgehead atoms. The van der Waals surface area contributed by atoms with Gasteiger partial charge in [0.2, 0.25) is 0 Å². The maximum absolute atomic E-state index is 13.1. The van der Waals surface area contributed by atoms with E-state index >= 15 is 0 Å². The summed E-state index contributed by atoms with van der Waals surface area (Å²) in [5.74, 6) is -2.86. The van der Waals surface area contributed by atoms with Crippen molar-refractivity contribution in [3.05, 3.63) is 30.3 Å². The van der Waals surface area contributed by atoms with Gasteiger partial charge in [0.1, 0.15) is 11.4 Å². The first-order valence-corrected chi connectivity index (χ1v) is 9.67. The lowest BCUT2D eigenvalue weighted by Gasteiger charge is -2.30. The highest BCUT2D eigenvalue weighted by Gasteiger charge is 2.71. The van der Waals surface area contributed by atoms with Crippen LogP contribution in [0.1, 0.15) is 13.3 Å². The summed E-state index contributed by atoms with van der Waals surface area (Å²) in [4.78, 5) is 24.7. The number of fused-ring (bicyclic) bond motifs is 1. The minimum atomic E-state index is -3.69. The highest BCUT2D eigenvalue weighted by atomic mass is 32.2. The zero-order chi connectivity index (χ0) is 17.1. The Labute approximate surface area is 140 Å². The quantitative estimate of drug-likeness (QED) is 0.759. The van der Waals surface area contributed by atoms with E-state index in [1.807, 2.05) is 0 Å². The predicted octanol–water partition coefficient (Wildman–Crippen LogP) is 1.20. The van der Waals surface area contributed by atoms with E-state index in [9.17, 15) is 18.0 Å². The maximum Gasteiger partial charge on any atom is 0.310 e. The molecule has 0 N–H and O–H groups in total. The first-order valence-electron chi connectivity index (χ1n) is 8.13. The van der Waals surface area contributed by atoms with E-state index in [-0.39, 0.29) is 17.4 Å². The van der Waals surface area contributed by atoms with Gasteiger partial charge in [-0.3, -0.25) is 9.59 Å². The monoisotopic (exact) mass is 350 g/mol. The first-order chi connectivity index (χ1) is 11.5. The Morgan fingerprint density at radius 1 is 1.25 bits per heavy atom. The summed E-state index contributed by atoms with van der Waals surface area (Å²) in [6, 6.07) is 8.13. The Bertz CT molecular complexity index is 787. The minimum Gasteiger partial charge on any atom is -0.466 e. The molecule has 0 unspecified atom stereocenters. The lowest BCUT2D eigenvalue weighted by molar-refractivity contribution is -0.155. The molecule has 2 saturated carbocycles. The van der Waals surface area contributed by atoms with Crippen LogP contribution in [0.4, 0.5) is 0 Å². The third kappa shape index (κ3) is 1.97. The number of esters is 2. The van der Waals surface area contributed by atoms with Crippen molar-refractivity contribution in [2.75, 3.05) is 6.61 Å². The van der Waals surface area contributed by atoms with E-state index in [1.165, 1.54) is 12.1 Å². The molecule has 1 saturated heterocycles. The van der Waals surface area contributed by atoms with E-state index in [0.717, 1.165) is 0 Å². The SMILES string of the molecule is CCOC(=O)[C@@H]1[C@H]2C[C@H]3[C@H](OC(=O)[C@H]31)[C@@H]2S(=O)(=O)c1ccccc1. The van der Waals surface area contributed by atoms with Crippen LogP contribution in [0.5, 0.6) is 0 Å². The molecule has 7 heteroatoms. The summed E-state index contributed by atoms with van der Waals surface area (Å²) in [7, 11) is -3.69. The van der Waals surface area contributed by atoms with Crippen molar-refractivity contribution in [2.45, 2.75) is 29.6 Å². The van der Waals surface area contributed by atoms with Gasteiger partial charge in [-0.25, -0.2) is 8.42 Å². The molecule has 1 aliphatic heterocycles. The Balaban J connectivity index is 1.76. The maximum atomic E-state index is 13.1. The predicted molar refractivity (Wildman–Crippen MR) is 82.5 cm³/mol. The third-order valence-electron chi connectivity index (χ3n) is 5.53. The number of sulfone groups is 1. The van der Waals surface area contributed by atoms with Gasteiger partial charge in [0, 0.05) is 5.92 Å². The van der Waals surface area contributed by atoms with Gasteiger partial charge in [-0.05, 0) is 31.4 Å². The summed E-state index contributed by atoms with van der Waals surface area (Å²) in [6.45, 7) is 1.90. The largest absolute Gasteiger partial charge is 0.466 e. The molecule has 0 amide bonds. The molecule has 0 spiro atoms. The van der Waals surface area contributed by atoms with Gasteiger partial charge in [-0.1, -0.05) is 18.2 Å². The Morgan fingerprint density at radius 3 is 2.62 bits per heavy atom. The van der Waals surface area contributed by atoms with Crippen LogP contribution < -0.4 is 0 Å². The molecule has 128 valence electrons. The molecule has 24 heavy (non-hydrogen) atoms. The van der Waals surface area contributed by atoms with E-state index in [1.54, 1.807) is 25.1 Å². The fraction of sp³-hybridized carbons (Fsp3) is 0.529. The molecule has 0 aromatic heterocycles. The second-order valence-electron chi connectivity index (χ2n) is 6.59. The molecule has 1 heterocycles. The molecular formula is C17H18O6S. The number of hydrogen-bond acceptors (Lipinski definition) is 6. The molecular weight excluding hydrogens is 332 g/mol. The van der Waals surface area contributed by atoms with Crippen molar-refractivity contribution in [2.24, 2.45) is 23.7 Å². The van der Waals surface area contributed by atoms with Crippen molar-refractivity contribution >= 4 is 21.8 Å². The topological polar surface area (TPSA) is 86.7 Å². The summed E-state index contributed by atoms with van der Waals surface area (Å²) in [6.07, 6.45) is -0.134. The van der Waals surface area contributed by atoms with Gasteiger partial charge >= 0.3 is 11.9 Å². The summed E-state index contributed by atoms with van der Waals surface area (Å²) in [5, 5.41) is -0.873. The standard InChI is InChI=1S/C17H18O6S/c1-2-22-16(18)13-11-8-10-12(13)17(19)23-14(10)15(11)24(20,21)9-6-4-3-5-7-9/h3-7,10-15H,2,8H2,1H3/t10-,11-,12-,13-,14+,15-/m1/s1. The normalized spacial score (nSPS) is 36.6. The van der Waals surface area contributed by atoms with Crippen molar-refractivity contribution in [3.8, 4) is 0 Å². The van der Waals surface area contributed by atoms with E-state index in [0.29, 0.717) is 6.42 Å². The van der Waals surface area contributed by atoms with Crippen LogP contribution in [0, 0.1) is 23.7 Å². The number of carbonyl (C=O) groups is 2. The molecule has 6 nitrogen and oxygen atoms in total. The number of ether oxygens (including phenoxy) is 2. The highest BCUT2D eigenvalue weighted by molar-refractivity contribution is 7.92. The molecule has 4 rings (SSSR count). The Kier molecular flexibility index (Phi) is 3.46. The second-order valence-corrected chi connectivity index (χ2v) is 8.70. The van der Waals surface area contributed by atoms with Crippen LogP contribution >= 0.6 is 0 Å². The Morgan fingerprint density at radius 2 is 1.96 bits per heavy atom. The molecule has 6 atom stereocenters. The van der Waals surface area contributed by atoms with Crippen LogP contribution in [0.25, 0.3) is 0 Å². The number of benzene rings is 1. The zero-order valence-corrected chi connectivity index (χ0v) is 13.9. The highest BCUT2D eigenvalue weighted by Crippen LogP contribution is 2.60. The van der Waals surface area contributed by atoms with E-state index < -0.39 is 50.9 Å².